The summed E-state index contributed by atoms with van der Waals surface area (Å²) in [5, 5.41) is 0. The van der Waals surface area contributed by atoms with E-state index in [0.717, 1.165) is 51.5 Å². The van der Waals surface area contributed by atoms with E-state index in [1.54, 1.807) is 11.8 Å². The van der Waals surface area contributed by atoms with Crippen LogP contribution in [0.1, 0.15) is 12.0 Å². The molecule has 2 aromatic carbocycles. The smallest absolute Gasteiger partial charge is 0.227 e. The number of hydrogen-bond acceptors (Lipinski definition) is 4. The molecule has 0 aliphatic carbocycles. The molecule has 2 heterocycles. The van der Waals surface area contributed by atoms with Crippen molar-refractivity contribution in [3.05, 3.63) is 48.0 Å². The zero-order chi connectivity index (χ0) is 18.6. The summed E-state index contributed by atoms with van der Waals surface area (Å²) in [6.45, 7) is 5.14. The van der Waals surface area contributed by atoms with Crippen molar-refractivity contribution in [2.24, 2.45) is 0 Å². The number of morpholine rings is 1. The zero-order valence-corrected chi connectivity index (χ0v) is 16.6. The summed E-state index contributed by atoms with van der Waals surface area (Å²) in [4.78, 5) is 18.3. The van der Waals surface area contributed by atoms with Crippen LogP contribution in [0.15, 0.2) is 47.4 Å². The number of hydrogen-bond donors (Lipinski definition) is 0. The number of carbonyl (C=O) groups excluding carboxylic acids is 1. The number of nitrogens with zero attached hydrogens (tertiary/aromatic N) is 2. The molecular formula is C22H26N2O2S. The Labute approximate surface area is 165 Å². The third-order valence-electron chi connectivity index (χ3n) is 5.45. The van der Waals surface area contributed by atoms with E-state index in [4.69, 9.17) is 4.74 Å². The van der Waals surface area contributed by atoms with E-state index in [9.17, 15) is 4.79 Å². The standard InChI is InChI=1S/C22H26N2O2S/c1-27-21-5-3-2-4-19(21)18-7-6-17-8-9-22(25)24(20(17)16-18)11-10-23-12-14-26-15-13-23/h2-7,16H,8-15H2,1H3. The van der Waals surface area contributed by atoms with Gasteiger partial charge in [-0.05, 0) is 41.5 Å². The van der Waals surface area contributed by atoms with Crippen molar-refractivity contribution in [1.82, 2.24) is 4.90 Å². The molecule has 1 amide bonds. The lowest BCUT2D eigenvalue weighted by atomic mass is 9.96. The van der Waals surface area contributed by atoms with Gasteiger partial charge < -0.3 is 9.64 Å². The van der Waals surface area contributed by atoms with Crippen LogP contribution in [0.4, 0.5) is 5.69 Å². The molecule has 0 unspecified atom stereocenters. The van der Waals surface area contributed by atoms with E-state index in [-0.39, 0.29) is 5.91 Å². The average molecular weight is 383 g/mol. The van der Waals surface area contributed by atoms with Crippen LogP contribution in [-0.2, 0) is 16.0 Å². The van der Waals surface area contributed by atoms with Crippen molar-refractivity contribution >= 4 is 23.4 Å². The SMILES string of the molecule is CSc1ccccc1-c1ccc2c(c1)N(CCN1CCOCC1)C(=O)CC2. The second kappa shape index (κ2) is 8.46. The largest absolute Gasteiger partial charge is 0.379 e. The van der Waals surface area contributed by atoms with Crippen molar-refractivity contribution in [3.8, 4) is 11.1 Å². The number of anilines is 1. The highest BCUT2D eigenvalue weighted by Gasteiger charge is 2.25. The van der Waals surface area contributed by atoms with Crippen LogP contribution in [0.5, 0.6) is 0 Å². The first-order valence-corrected chi connectivity index (χ1v) is 10.9. The minimum atomic E-state index is 0.242. The average Bonchev–Trinajstić information content (AvgIpc) is 2.73. The Morgan fingerprint density at radius 1 is 1.04 bits per heavy atom. The maximum absolute atomic E-state index is 12.7. The quantitative estimate of drug-likeness (QED) is 0.739. The fourth-order valence-electron chi connectivity index (χ4n) is 3.90. The summed E-state index contributed by atoms with van der Waals surface area (Å²) < 4.78 is 5.43. The number of carbonyl (C=O) groups is 1. The summed E-state index contributed by atoms with van der Waals surface area (Å²) in [5.41, 5.74) is 4.79. The molecule has 0 bridgehead atoms. The van der Waals surface area contributed by atoms with E-state index in [2.05, 4.69) is 53.6 Å². The number of benzene rings is 2. The van der Waals surface area contributed by atoms with Gasteiger partial charge in [-0.1, -0.05) is 30.3 Å². The molecule has 1 saturated heterocycles. The van der Waals surface area contributed by atoms with Gasteiger partial charge in [-0.2, -0.15) is 0 Å². The number of ether oxygens (including phenoxy) is 1. The van der Waals surface area contributed by atoms with Crippen molar-refractivity contribution in [3.63, 3.8) is 0 Å². The summed E-state index contributed by atoms with van der Waals surface area (Å²) in [6, 6.07) is 15.1. The Kier molecular flexibility index (Phi) is 5.81. The first-order chi connectivity index (χ1) is 13.3. The fourth-order valence-corrected chi connectivity index (χ4v) is 4.52. The second-order valence-corrected chi connectivity index (χ2v) is 7.89. The van der Waals surface area contributed by atoms with Crippen LogP contribution in [-0.4, -0.2) is 56.5 Å². The van der Waals surface area contributed by atoms with E-state index >= 15 is 0 Å². The van der Waals surface area contributed by atoms with Crippen LogP contribution in [0.25, 0.3) is 11.1 Å². The summed E-state index contributed by atoms with van der Waals surface area (Å²) in [5.74, 6) is 0.242. The summed E-state index contributed by atoms with van der Waals surface area (Å²) >= 11 is 1.76. The maximum atomic E-state index is 12.7. The molecule has 142 valence electrons. The highest BCUT2D eigenvalue weighted by Crippen LogP contribution is 2.36. The first-order valence-electron chi connectivity index (χ1n) is 9.63. The number of amides is 1. The Hall–Kier alpha value is -1.82. The third-order valence-corrected chi connectivity index (χ3v) is 6.24. The predicted molar refractivity (Wildman–Crippen MR) is 112 cm³/mol. The Balaban J connectivity index is 1.61. The lowest BCUT2D eigenvalue weighted by molar-refractivity contribution is -0.119. The van der Waals surface area contributed by atoms with E-state index in [1.165, 1.54) is 21.6 Å². The Morgan fingerprint density at radius 2 is 1.85 bits per heavy atom. The highest BCUT2D eigenvalue weighted by molar-refractivity contribution is 7.98. The van der Waals surface area contributed by atoms with E-state index in [0.29, 0.717) is 6.42 Å². The van der Waals surface area contributed by atoms with Gasteiger partial charge in [0.05, 0.1) is 13.2 Å². The summed E-state index contributed by atoms with van der Waals surface area (Å²) in [7, 11) is 0. The number of fused-ring (bicyclic) bond motifs is 1. The van der Waals surface area contributed by atoms with Crippen LogP contribution >= 0.6 is 11.8 Å². The van der Waals surface area contributed by atoms with Crippen LogP contribution in [0.2, 0.25) is 0 Å². The molecule has 4 nitrogen and oxygen atoms in total. The van der Waals surface area contributed by atoms with Crippen LogP contribution < -0.4 is 4.90 Å². The lowest BCUT2D eigenvalue weighted by Gasteiger charge is -2.33. The zero-order valence-electron chi connectivity index (χ0n) is 15.8. The van der Waals surface area contributed by atoms with Gasteiger partial charge in [-0.3, -0.25) is 9.69 Å². The van der Waals surface area contributed by atoms with Gasteiger partial charge >= 0.3 is 0 Å². The number of thioether (sulfide) groups is 1. The third kappa shape index (κ3) is 4.05. The molecule has 0 radical (unpaired) electrons. The van der Waals surface area contributed by atoms with E-state index < -0.39 is 0 Å². The first kappa shape index (κ1) is 18.5. The Bertz CT molecular complexity index is 818. The van der Waals surface area contributed by atoms with Gasteiger partial charge in [-0.15, -0.1) is 11.8 Å². The van der Waals surface area contributed by atoms with Gasteiger partial charge in [0.25, 0.3) is 0 Å². The molecule has 2 aliphatic heterocycles. The van der Waals surface area contributed by atoms with Crippen LogP contribution in [0, 0.1) is 0 Å². The van der Waals surface area contributed by atoms with Crippen LogP contribution in [0.3, 0.4) is 0 Å². The molecule has 5 heteroatoms. The molecule has 4 rings (SSSR count). The van der Waals surface area contributed by atoms with Gasteiger partial charge in [-0.25, -0.2) is 0 Å². The molecule has 0 aromatic heterocycles. The normalized spacial score (nSPS) is 17.8. The topological polar surface area (TPSA) is 32.8 Å². The van der Waals surface area contributed by atoms with Crippen molar-refractivity contribution in [2.45, 2.75) is 17.7 Å². The minimum absolute atomic E-state index is 0.242. The van der Waals surface area contributed by atoms with Crippen molar-refractivity contribution < 1.29 is 9.53 Å². The second-order valence-electron chi connectivity index (χ2n) is 7.04. The van der Waals surface area contributed by atoms with Gasteiger partial charge in [0.2, 0.25) is 5.91 Å². The highest BCUT2D eigenvalue weighted by atomic mass is 32.2. The molecule has 0 atom stereocenters. The molecular weight excluding hydrogens is 356 g/mol. The number of aryl methyl sites for hydroxylation is 1. The fraction of sp³-hybridized carbons (Fsp3) is 0.409. The molecule has 0 saturated carbocycles. The van der Waals surface area contributed by atoms with Crippen molar-refractivity contribution in [2.75, 3.05) is 50.5 Å². The van der Waals surface area contributed by atoms with Gasteiger partial charge in [0, 0.05) is 43.2 Å². The maximum Gasteiger partial charge on any atom is 0.227 e. The number of rotatable bonds is 5. The van der Waals surface area contributed by atoms with E-state index in [1.807, 2.05) is 4.90 Å². The molecule has 2 aliphatic rings. The molecule has 0 N–H and O–H groups in total. The van der Waals surface area contributed by atoms with Gasteiger partial charge in [0.1, 0.15) is 0 Å². The predicted octanol–water partition coefficient (Wildman–Crippen LogP) is 3.69. The molecule has 2 aromatic rings. The Morgan fingerprint density at radius 3 is 2.67 bits per heavy atom. The minimum Gasteiger partial charge on any atom is -0.379 e. The summed E-state index contributed by atoms with van der Waals surface area (Å²) in [6.07, 6.45) is 3.55. The molecule has 0 spiro atoms. The van der Waals surface area contributed by atoms with Crippen molar-refractivity contribution in [1.29, 1.82) is 0 Å². The molecule has 27 heavy (non-hydrogen) atoms. The monoisotopic (exact) mass is 382 g/mol. The molecule has 1 fully saturated rings. The lowest BCUT2D eigenvalue weighted by Crippen LogP contribution is -2.44. The van der Waals surface area contributed by atoms with Gasteiger partial charge in [0.15, 0.2) is 0 Å².